The van der Waals surface area contributed by atoms with E-state index < -0.39 is 0 Å². The Bertz CT molecular complexity index is 126. The molecule has 0 aromatic carbocycles. The van der Waals surface area contributed by atoms with Crippen LogP contribution in [-0.4, -0.2) is 25.2 Å². The van der Waals surface area contributed by atoms with Crippen LogP contribution in [0.15, 0.2) is 4.99 Å². The maximum atomic E-state index is 6.81. The minimum Gasteiger partial charge on any atom is -0.313 e. The minimum atomic E-state index is 0.683. The molecule has 50 valence electrons. The van der Waals surface area contributed by atoms with Gasteiger partial charge in [0.25, 0.3) is 0 Å². The zero-order chi connectivity index (χ0) is 7.11. The summed E-state index contributed by atoms with van der Waals surface area (Å²) in [4.78, 5) is 3.81. The Balaban J connectivity index is 3.57. The Morgan fingerprint density at radius 1 is 1.56 bits per heavy atom. The topological polar surface area (TPSA) is 60.1 Å². The van der Waals surface area contributed by atoms with Crippen LogP contribution in [0.2, 0.25) is 0 Å². The summed E-state index contributed by atoms with van der Waals surface area (Å²) < 4.78 is 0. The quantitative estimate of drug-likeness (QED) is 0.529. The lowest BCUT2D eigenvalue weighted by molar-refractivity contribution is 1.16. The molecule has 0 saturated heterocycles. The SMILES string of the molecule is CN=C(C=N)CCC=N. The van der Waals surface area contributed by atoms with Crippen LogP contribution in [-0.2, 0) is 0 Å². The molecule has 0 unspecified atom stereocenters. The molecule has 0 heterocycles. The molecule has 0 amide bonds. The van der Waals surface area contributed by atoms with Gasteiger partial charge in [-0.2, -0.15) is 0 Å². The third kappa shape index (κ3) is 3.58. The van der Waals surface area contributed by atoms with Crippen molar-refractivity contribution in [2.45, 2.75) is 12.8 Å². The van der Waals surface area contributed by atoms with E-state index in [0.717, 1.165) is 5.71 Å². The van der Waals surface area contributed by atoms with E-state index >= 15 is 0 Å². The lowest BCUT2D eigenvalue weighted by Crippen LogP contribution is -1.98. The van der Waals surface area contributed by atoms with Crippen LogP contribution in [0.5, 0.6) is 0 Å². The number of nitrogens with one attached hydrogen (secondary N) is 2. The van der Waals surface area contributed by atoms with Crippen LogP contribution in [0.1, 0.15) is 12.8 Å². The summed E-state index contributed by atoms with van der Waals surface area (Å²) >= 11 is 0. The van der Waals surface area contributed by atoms with Crippen LogP contribution in [0.3, 0.4) is 0 Å². The average Bonchev–Trinajstić information content (AvgIpc) is 1.91. The fourth-order valence-corrected chi connectivity index (χ4v) is 0.469. The summed E-state index contributed by atoms with van der Waals surface area (Å²) in [5.41, 5.74) is 0.749. The van der Waals surface area contributed by atoms with Gasteiger partial charge in [-0.3, -0.25) is 4.99 Å². The highest BCUT2D eigenvalue weighted by Crippen LogP contribution is 1.86. The lowest BCUT2D eigenvalue weighted by Gasteiger charge is -1.91. The third-order valence-corrected chi connectivity index (χ3v) is 0.999. The molecule has 3 nitrogen and oxygen atoms in total. The molecule has 0 spiro atoms. The molecule has 3 heteroatoms. The molecule has 0 aromatic rings. The Hall–Kier alpha value is -0.990. The zero-order valence-corrected chi connectivity index (χ0v) is 5.52. The molecule has 2 N–H and O–H groups in total. The molecular formula is C6H11N3. The number of nitrogens with zero attached hydrogens (tertiary/aromatic N) is 1. The van der Waals surface area contributed by atoms with Gasteiger partial charge in [0.05, 0.1) is 5.71 Å². The first-order valence-corrected chi connectivity index (χ1v) is 2.80. The van der Waals surface area contributed by atoms with E-state index in [1.54, 1.807) is 7.05 Å². The smallest absolute Gasteiger partial charge is 0.0523 e. The first-order valence-electron chi connectivity index (χ1n) is 2.80. The molecule has 0 fully saturated rings. The van der Waals surface area contributed by atoms with Gasteiger partial charge < -0.3 is 10.8 Å². The second-order valence-corrected chi connectivity index (χ2v) is 1.60. The predicted molar refractivity (Wildman–Crippen MR) is 40.2 cm³/mol. The third-order valence-electron chi connectivity index (χ3n) is 0.999. The van der Waals surface area contributed by atoms with Crippen molar-refractivity contribution in [3.05, 3.63) is 0 Å². The highest BCUT2D eigenvalue weighted by molar-refractivity contribution is 6.29. The molecule has 0 aromatic heterocycles. The molecule has 0 radical (unpaired) electrons. The van der Waals surface area contributed by atoms with Crippen molar-refractivity contribution < 1.29 is 0 Å². The van der Waals surface area contributed by atoms with Crippen molar-refractivity contribution in [2.24, 2.45) is 4.99 Å². The Morgan fingerprint density at radius 3 is 2.56 bits per heavy atom. The van der Waals surface area contributed by atoms with E-state index in [4.69, 9.17) is 10.8 Å². The van der Waals surface area contributed by atoms with E-state index in [1.807, 2.05) is 0 Å². The summed E-state index contributed by atoms with van der Waals surface area (Å²) in [6, 6.07) is 0. The molecule has 0 aliphatic heterocycles. The van der Waals surface area contributed by atoms with Crippen LogP contribution in [0.25, 0.3) is 0 Å². The number of hydrogen-bond donors (Lipinski definition) is 2. The summed E-state index contributed by atoms with van der Waals surface area (Å²) in [5.74, 6) is 0. The Kier molecular flexibility index (Phi) is 4.59. The maximum absolute atomic E-state index is 6.81. The summed E-state index contributed by atoms with van der Waals surface area (Å²) in [5, 5.41) is 13.5. The summed E-state index contributed by atoms with van der Waals surface area (Å²) in [7, 11) is 1.66. The normalized spacial score (nSPS) is 11.0. The van der Waals surface area contributed by atoms with E-state index in [2.05, 4.69) is 4.99 Å². The van der Waals surface area contributed by atoms with E-state index in [0.29, 0.717) is 12.8 Å². The van der Waals surface area contributed by atoms with Crippen LogP contribution >= 0.6 is 0 Å². The lowest BCUT2D eigenvalue weighted by atomic mass is 10.2. The second kappa shape index (κ2) is 5.15. The second-order valence-electron chi connectivity index (χ2n) is 1.60. The molecule has 0 aliphatic rings. The zero-order valence-electron chi connectivity index (χ0n) is 5.52. The molecule has 0 rings (SSSR count). The first kappa shape index (κ1) is 8.01. The fraction of sp³-hybridized carbons (Fsp3) is 0.500. The molecule has 0 atom stereocenters. The monoisotopic (exact) mass is 125 g/mol. The molecule has 0 saturated carbocycles. The van der Waals surface area contributed by atoms with Gasteiger partial charge in [0, 0.05) is 13.3 Å². The number of aliphatic imine (C=N–C) groups is 1. The minimum absolute atomic E-state index is 0.683. The van der Waals surface area contributed by atoms with Crippen molar-refractivity contribution >= 4 is 18.1 Å². The highest BCUT2D eigenvalue weighted by atomic mass is 14.7. The van der Waals surface area contributed by atoms with Crippen molar-refractivity contribution in [1.82, 2.24) is 0 Å². The predicted octanol–water partition coefficient (Wildman–Crippen LogP) is 1.14. The van der Waals surface area contributed by atoms with Gasteiger partial charge >= 0.3 is 0 Å². The van der Waals surface area contributed by atoms with E-state index in [1.165, 1.54) is 12.4 Å². The summed E-state index contributed by atoms with van der Waals surface area (Å²) in [6.07, 6.45) is 3.95. The molecular weight excluding hydrogens is 114 g/mol. The van der Waals surface area contributed by atoms with Gasteiger partial charge in [-0.25, -0.2) is 0 Å². The van der Waals surface area contributed by atoms with Crippen LogP contribution < -0.4 is 0 Å². The standard InChI is InChI=1S/C6H11N3/c1-9-6(5-8)3-2-4-7/h4-5,7-8H,2-3H2,1H3. The van der Waals surface area contributed by atoms with Gasteiger partial charge in [0.1, 0.15) is 0 Å². The molecule has 9 heavy (non-hydrogen) atoms. The summed E-state index contributed by atoms with van der Waals surface area (Å²) in [6.45, 7) is 0. The van der Waals surface area contributed by atoms with Crippen molar-refractivity contribution in [1.29, 1.82) is 10.8 Å². The van der Waals surface area contributed by atoms with Gasteiger partial charge in [-0.15, -0.1) is 0 Å². The molecule has 0 aliphatic carbocycles. The highest BCUT2D eigenvalue weighted by Gasteiger charge is 1.88. The fourth-order valence-electron chi connectivity index (χ4n) is 0.469. The van der Waals surface area contributed by atoms with Gasteiger partial charge in [0.15, 0.2) is 0 Å². The van der Waals surface area contributed by atoms with Gasteiger partial charge in [-0.1, -0.05) is 0 Å². The largest absolute Gasteiger partial charge is 0.313 e. The van der Waals surface area contributed by atoms with Crippen LogP contribution in [0.4, 0.5) is 0 Å². The average molecular weight is 125 g/mol. The molecule has 0 bridgehead atoms. The van der Waals surface area contributed by atoms with Crippen LogP contribution in [0, 0.1) is 10.8 Å². The van der Waals surface area contributed by atoms with Crippen molar-refractivity contribution in [3.63, 3.8) is 0 Å². The van der Waals surface area contributed by atoms with E-state index in [9.17, 15) is 0 Å². The van der Waals surface area contributed by atoms with Gasteiger partial charge in [0.2, 0.25) is 0 Å². The number of hydrogen-bond acceptors (Lipinski definition) is 3. The maximum Gasteiger partial charge on any atom is 0.0523 e. The van der Waals surface area contributed by atoms with E-state index in [-0.39, 0.29) is 0 Å². The van der Waals surface area contributed by atoms with Crippen molar-refractivity contribution in [2.75, 3.05) is 7.05 Å². The van der Waals surface area contributed by atoms with Gasteiger partial charge in [-0.05, 0) is 19.1 Å². The van der Waals surface area contributed by atoms with Crippen molar-refractivity contribution in [3.8, 4) is 0 Å². The first-order chi connectivity index (χ1) is 4.35. The Labute approximate surface area is 54.8 Å². The Morgan fingerprint density at radius 2 is 2.22 bits per heavy atom. The number of rotatable bonds is 4.